The van der Waals surface area contributed by atoms with E-state index in [1.54, 1.807) is 0 Å². The Labute approximate surface area is 119 Å². The van der Waals surface area contributed by atoms with Gasteiger partial charge in [0.25, 0.3) is 0 Å². The van der Waals surface area contributed by atoms with Crippen LogP contribution in [-0.2, 0) is 15.6 Å². The molecule has 0 unspecified atom stereocenters. The van der Waals surface area contributed by atoms with Crippen molar-refractivity contribution in [1.29, 1.82) is 0 Å². The number of unbranched alkanes of at least 4 members (excludes halogenated alkanes) is 1. The number of fused-ring (bicyclic) bond motifs is 2. The van der Waals surface area contributed by atoms with Gasteiger partial charge < -0.3 is 5.32 Å². The number of hydrogen-bond donors (Lipinski definition) is 2. The zero-order valence-corrected chi connectivity index (χ0v) is 12.3. The van der Waals surface area contributed by atoms with Crippen LogP contribution in [0.2, 0.25) is 0 Å². The summed E-state index contributed by atoms with van der Waals surface area (Å²) < 4.78 is 30.5. The van der Waals surface area contributed by atoms with Gasteiger partial charge in [-0.15, -0.1) is 4.40 Å². The van der Waals surface area contributed by atoms with Crippen molar-refractivity contribution in [3.05, 3.63) is 29.8 Å². The van der Waals surface area contributed by atoms with E-state index in [1.807, 2.05) is 25.1 Å². The normalized spacial score (nSPS) is 20.9. The molecule has 1 saturated carbocycles. The van der Waals surface area contributed by atoms with E-state index in [0.717, 1.165) is 31.4 Å². The Morgan fingerprint density at radius 1 is 1.35 bits per heavy atom. The maximum Gasteiger partial charge on any atom is 0.321 e. The highest BCUT2D eigenvalue weighted by Gasteiger charge is 2.54. The molecule has 5 nitrogen and oxygen atoms in total. The van der Waals surface area contributed by atoms with Crippen LogP contribution in [0.3, 0.4) is 0 Å². The van der Waals surface area contributed by atoms with Gasteiger partial charge in [0.1, 0.15) is 5.84 Å². The zero-order valence-electron chi connectivity index (χ0n) is 11.5. The minimum Gasteiger partial charge on any atom is -0.342 e. The fourth-order valence-corrected chi connectivity index (χ4v) is 3.58. The number of nitrogens with zero attached hydrogens (tertiary/aromatic N) is 1. The van der Waals surface area contributed by atoms with Crippen molar-refractivity contribution in [3.8, 4) is 0 Å². The Bertz CT molecular complexity index is 648. The van der Waals surface area contributed by atoms with Crippen molar-refractivity contribution in [2.24, 2.45) is 4.40 Å². The van der Waals surface area contributed by atoms with Crippen LogP contribution >= 0.6 is 0 Å². The third kappa shape index (κ3) is 2.33. The lowest BCUT2D eigenvalue weighted by molar-refractivity contribution is 0.580. The van der Waals surface area contributed by atoms with Crippen LogP contribution in [0, 0.1) is 0 Å². The summed E-state index contributed by atoms with van der Waals surface area (Å²) in [5.41, 5.74) is 1.96. The molecule has 20 heavy (non-hydrogen) atoms. The first-order valence-electron chi connectivity index (χ1n) is 7.04. The van der Waals surface area contributed by atoms with Gasteiger partial charge in [-0.25, -0.2) is 0 Å². The Kier molecular flexibility index (Phi) is 3.30. The summed E-state index contributed by atoms with van der Waals surface area (Å²) in [5.74, 6) is 0.572. The molecule has 1 aromatic rings. The van der Waals surface area contributed by atoms with E-state index in [9.17, 15) is 8.42 Å². The molecule has 0 atom stereocenters. The predicted molar refractivity (Wildman–Crippen MR) is 80.2 cm³/mol. The highest BCUT2D eigenvalue weighted by Crippen LogP contribution is 2.55. The number of benzene rings is 1. The summed E-state index contributed by atoms with van der Waals surface area (Å²) in [6.07, 6.45) is 3.69. The molecule has 2 aliphatic rings. The van der Waals surface area contributed by atoms with Crippen molar-refractivity contribution in [3.63, 3.8) is 0 Å². The monoisotopic (exact) mass is 293 g/mol. The maximum absolute atomic E-state index is 12.0. The van der Waals surface area contributed by atoms with E-state index in [0.29, 0.717) is 12.4 Å². The van der Waals surface area contributed by atoms with Gasteiger partial charge in [-0.05, 0) is 30.9 Å². The van der Waals surface area contributed by atoms with Crippen LogP contribution in [0.15, 0.2) is 28.7 Å². The van der Waals surface area contributed by atoms with Crippen molar-refractivity contribution in [1.82, 2.24) is 4.72 Å². The number of amidine groups is 1. The van der Waals surface area contributed by atoms with Gasteiger partial charge in [-0.2, -0.15) is 13.1 Å². The third-order valence-corrected chi connectivity index (χ3v) is 4.92. The van der Waals surface area contributed by atoms with Gasteiger partial charge in [-0.1, -0.05) is 31.5 Å². The van der Waals surface area contributed by atoms with Gasteiger partial charge in [0.2, 0.25) is 0 Å². The highest BCUT2D eigenvalue weighted by atomic mass is 32.2. The van der Waals surface area contributed by atoms with Crippen LogP contribution in [0.4, 0.5) is 5.69 Å². The Morgan fingerprint density at radius 2 is 2.10 bits per heavy atom. The average Bonchev–Trinajstić information content (AvgIpc) is 3.14. The number of nitrogens with one attached hydrogen (secondary N) is 2. The summed E-state index contributed by atoms with van der Waals surface area (Å²) in [4.78, 5) is 0. The Balaban J connectivity index is 1.84. The van der Waals surface area contributed by atoms with Crippen LogP contribution < -0.4 is 10.0 Å². The second-order valence-electron chi connectivity index (χ2n) is 5.42. The topological polar surface area (TPSA) is 70.6 Å². The lowest BCUT2D eigenvalue weighted by Crippen LogP contribution is -2.28. The summed E-state index contributed by atoms with van der Waals surface area (Å²) in [7, 11) is -3.61. The smallest absolute Gasteiger partial charge is 0.321 e. The minimum atomic E-state index is -3.61. The molecule has 0 amide bonds. The highest BCUT2D eigenvalue weighted by molar-refractivity contribution is 7.88. The van der Waals surface area contributed by atoms with Crippen LogP contribution in [0.1, 0.15) is 38.2 Å². The first-order valence-corrected chi connectivity index (χ1v) is 8.48. The van der Waals surface area contributed by atoms with Gasteiger partial charge >= 0.3 is 10.2 Å². The molecular weight excluding hydrogens is 274 g/mol. The molecule has 1 aliphatic heterocycles. The van der Waals surface area contributed by atoms with Gasteiger partial charge in [-0.3, -0.25) is 0 Å². The van der Waals surface area contributed by atoms with E-state index in [4.69, 9.17) is 0 Å². The molecule has 2 N–H and O–H groups in total. The second kappa shape index (κ2) is 4.86. The fourth-order valence-electron chi connectivity index (χ4n) is 2.66. The van der Waals surface area contributed by atoms with Crippen molar-refractivity contribution < 1.29 is 8.42 Å². The van der Waals surface area contributed by atoms with E-state index >= 15 is 0 Å². The van der Waals surface area contributed by atoms with Crippen molar-refractivity contribution in [2.45, 2.75) is 38.0 Å². The minimum absolute atomic E-state index is 0.184. The molecule has 108 valence electrons. The third-order valence-electron chi connectivity index (χ3n) is 3.93. The van der Waals surface area contributed by atoms with Gasteiger partial charge in [0, 0.05) is 12.2 Å². The van der Waals surface area contributed by atoms with E-state index in [-0.39, 0.29) is 5.41 Å². The molecule has 0 radical (unpaired) electrons. The van der Waals surface area contributed by atoms with Crippen molar-refractivity contribution in [2.75, 3.05) is 11.9 Å². The average molecular weight is 293 g/mol. The molecule has 1 heterocycles. The van der Waals surface area contributed by atoms with Crippen molar-refractivity contribution >= 4 is 21.7 Å². The van der Waals surface area contributed by atoms with Gasteiger partial charge in [0.15, 0.2) is 0 Å². The lowest BCUT2D eigenvalue weighted by atomic mass is 9.98. The molecule has 1 aromatic carbocycles. The van der Waals surface area contributed by atoms with E-state index in [1.165, 1.54) is 5.56 Å². The molecule has 1 aliphatic carbocycles. The predicted octanol–water partition coefficient (Wildman–Crippen LogP) is 2.18. The maximum atomic E-state index is 12.0. The molecule has 0 saturated heterocycles. The van der Waals surface area contributed by atoms with Gasteiger partial charge in [0.05, 0.1) is 5.41 Å². The summed E-state index contributed by atoms with van der Waals surface area (Å²) >= 11 is 0. The van der Waals surface area contributed by atoms with E-state index < -0.39 is 10.2 Å². The lowest BCUT2D eigenvalue weighted by Gasteiger charge is -2.08. The Hall–Kier alpha value is -1.40. The number of rotatable bonds is 5. The summed E-state index contributed by atoms with van der Waals surface area (Å²) in [6, 6.07) is 7.94. The second-order valence-corrected chi connectivity index (χ2v) is 6.84. The molecule has 3 rings (SSSR count). The standard InChI is InChI=1S/C14H19N3O2S/c1-2-3-10-15-20(18,19)17-13-14(8-9-14)11-6-4-5-7-12(11)16-13/h4-7,15H,2-3,8-10H2,1H3,(H,16,17). The van der Waals surface area contributed by atoms with Crippen LogP contribution in [0.5, 0.6) is 0 Å². The molecule has 1 spiro atoms. The van der Waals surface area contributed by atoms with Crippen LogP contribution in [0.25, 0.3) is 0 Å². The Morgan fingerprint density at radius 3 is 2.80 bits per heavy atom. The zero-order chi connectivity index (χ0) is 14.2. The fraction of sp³-hybridized carbons (Fsp3) is 0.500. The largest absolute Gasteiger partial charge is 0.342 e. The number of para-hydroxylation sites is 1. The summed E-state index contributed by atoms with van der Waals surface area (Å²) in [6.45, 7) is 2.46. The number of anilines is 1. The first-order chi connectivity index (χ1) is 9.57. The quantitative estimate of drug-likeness (QED) is 0.817. The molecule has 1 fully saturated rings. The molecule has 6 heteroatoms. The first kappa shape index (κ1) is 13.6. The molecular formula is C14H19N3O2S. The number of hydrogen-bond acceptors (Lipinski definition) is 2. The summed E-state index contributed by atoms with van der Waals surface area (Å²) in [5, 5.41) is 3.16. The molecule has 0 bridgehead atoms. The van der Waals surface area contributed by atoms with E-state index in [2.05, 4.69) is 20.5 Å². The molecule has 0 aromatic heterocycles. The SMILES string of the molecule is CCCCNS(=O)(=O)N=C1Nc2ccccc2C12CC2. The van der Waals surface area contributed by atoms with Crippen LogP contribution in [-0.4, -0.2) is 20.8 Å².